The van der Waals surface area contributed by atoms with E-state index in [1.165, 1.54) is 29.7 Å². The number of nitrogens with zero attached hydrogens (tertiary/aromatic N) is 2. The minimum Gasteiger partial charge on any atom is -0.377 e. The lowest BCUT2D eigenvalue weighted by Gasteiger charge is -2.22. The lowest BCUT2D eigenvalue weighted by atomic mass is 9.89. The third-order valence-corrected chi connectivity index (χ3v) is 7.63. The van der Waals surface area contributed by atoms with Gasteiger partial charge in [-0.2, -0.15) is 0 Å². The Balaban J connectivity index is 1.68. The van der Waals surface area contributed by atoms with Gasteiger partial charge in [-0.3, -0.25) is 9.36 Å². The second kappa shape index (κ2) is 7.41. The second-order valence-electron chi connectivity index (χ2n) is 7.28. The summed E-state index contributed by atoms with van der Waals surface area (Å²) in [4.78, 5) is 20.4. The molecule has 3 heterocycles. The molecule has 2 aliphatic rings. The van der Waals surface area contributed by atoms with Crippen LogP contribution in [0.25, 0.3) is 10.2 Å². The van der Waals surface area contributed by atoms with E-state index >= 15 is 0 Å². The zero-order valence-corrected chi connectivity index (χ0v) is 16.7. The summed E-state index contributed by atoms with van der Waals surface area (Å²) in [6, 6.07) is 0. The monoisotopic (exact) mass is 378 g/mol. The van der Waals surface area contributed by atoms with Gasteiger partial charge in [0.1, 0.15) is 4.83 Å². The molecule has 6 heteroatoms. The fraction of sp³-hybridized carbons (Fsp3) is 0.684. The average Bonchev–Trinajstić information content (AvgIpc) is 2.98. The maximum Gasteiger partial charge on any atom is 0.263 e. The van der Waals surface area contributed by atoms with Gasteiger partial charge in [0.05, 0.1) is 11.5 Å². The first kappa shape index (κ1) is 17.6. The average molecular weight is 379 g/mol. The van der Waals surface area contributed by atoms with E-state index in [-0.39, 0.29) is 5.56 Å². The Morgan fingerprint density at radius 3 is 3.00 bits per heavy atom. The molecule has 1 fully saturated rings. The van der Waals surface area contributed by atoms with Crippen molar-refractivity contribution >= 4 is 33.3 Å². The molecule has 0 amide bonds. The first-order valence-corrected chi connectivity index (χ1v) is 11.3. The zero-order valence-electron chi connectivity index (χ0n) is 15.0. The van der Waals surface area contributed by atoms with Gasteiger partial charge < -0.3 is 4.74 Å². The summed E-state index contributed by atoms with van der Waals surface area (Å²) in [6.45, 7) is 5.89. The maximum absolute atomic E-state index is 13.1. The molecule has 25 heavy (non-hydrogen) atoms. The molecule has 2 aromatic heterocycles. The molecule has 4 nitrogen and oxygen atoms in total. The number of hydrogen-bond donors (Lipinski definition) is 0. The number of aromatic nitrogens is 2. The van der Waals surface area contributed by atoms with Crippen molar-refractivity contribution in [1.82, 2.24) is 9.55 Å². The van der Waals surface area contributed by atoms with E-state index < -0.39 is 0 Å². The van der Waals surface area contributed by atoms with Crippen molar-refractivity contribution < 1.29 is 4.74 Å². The molecule has 4 rings (SSSR count). The van der Waals surface area contributed by atoms with Gasteiger partial charge >= 0.3 is 0 Å². The molecule has 136 valence electrons. The van der Waals surface area contributed by atoms with Crippen LogP contribution in [0.1, 0.15) is 50.0 Å². The molecular weight excluding hydrogens is 352 g/mol. The van der Waals surface area contributed by atoms with E-state index in [2.05, 4.69) is 6.92 Å². The number of hydrogen-bond acceptors (Lipinski definition) is 5. The molecule has 0 spiro atoms. The highest BCUT2D eigenvalue weighted by Crippen LogP contribution is 2.36. The third-order valence-electron chi connectivity index (χ3n) is 5.37. The molecule has 0 bridgehead atoms. The van der Waals surface area contributed by atoms with Crippen molar-refractivity contribution in [3.05, 3.63) is 20.8 Å². The quantitative estimate of drug-likeness (QED) is 0.589. The van der Waals surface area contributed by atoms with Crippen molar-refractivity contribution in [2.45, 2.75) is 70.2 Å². The fourth-order valence-corrected chi connectivity index (χ4v) is 6.45. The van der Waals surface area contributed by atoms with Gasteiger partial charge in [0.25, 0.3) is 5.56 Å². The van der Waals surface area contributed by atoms with Crippen molar-refractivity contribution in [2.24, 2.45) is 5.92 Å². The van der Waals surface area contributed by atoms with Gasteiger partial charge in [0.15, 0.2) is 5.16 Å². The number of thiophene rings is 1. The third kappa shape index (κ3) is 3.40. The highest BCUT2D eigenvalue weighted by atomic mass is 32.2. The van der Waals surface area contributed by atoms with Crippen LogP contribution in [0, 0.1) is 5.92 Å². The fourth-order valence-electron chi connectivity index (χ4n) is 3.90. The van der Waals surface area contributed by atoms with Gasteiger partial charge in [-0.1, -0.05) is 18.7 Å². The van der Waals surface area contributed by atoms with Gasteiger partial charge in [-0.25, -0.2) is 4.98 Å². The molecule has 0 N–H and O–H groups in total. The molecule has 0 unspecified atom stereocenters. The second-order valence-corrected chi connectivity index (χ2v) is 9.35. The van der Waals surface area contributed by atoms with Crippen LogP contribution in [0.5, 0.6) is 0 Å². The SMILES string of the molecule is CCn1c(SC[C@H]2CCCCO2)nc2sc3c(c2c1=O)CC[C@H](C)C3. The van der Waals surface area contributed by atoms with E-state index in [1.54, 1.807) is 23.1 Å². The minimum atomic E-state index is 0.159. The van der Waals surface area contributed by atoms with Crippen molar-refractivity contribution in [3.8, 4) is 0 Å². The number of thioether (sulfide) groups is 1. The summed E-state index contributed by atoms with van der Waals surface area (Å²) in [7, 11) is 0. The molecule has 1 aliphatic heterocycles. The Kier molecular flexibility index (Phi) is 5.20. The van der Waals surface area contributed by atoms with E-state index in [9.17, 15) is 4.79 Å². The van der Waals surface area contributed by atoms with Crippen molar-refractivity contribution in [2.75, 3.05) is 12.4 Å². The van der Waals surface area contributed by atoms with Gasteiger partial charge in [0, 0.05) is 23.8 Å². The Bertz CT molecular complexity index is 821. The minimum absolute atomic E-state index is 0.159. The molecular formula is C19H26N2O2S2. The highest BCUT2D eigenvalue weighted by molar-refractivity contribution is 7.99. The first-order valence-electron chi connectivity index (χ1n) is 9.46. The van der Waals surface area contributed by atoms with Gasteiger partial charge in [0.2, 0.25) is 0 Å². The standard InChI is InChI=1S/C19H26N2O2S2/c1-3-21-18(22)16-14-8-7-12(2)10-15(14)25-17(16)20-19(21)24-11-13-6-4-5-9-23-13/h12-13H,3-11H2,1-2H3/t12-,13+/m0/s1. The molecule has 0 aromatic carbocycles. The summed E-state index contributed by atoms with van der Waals surface area (Å²) < 4.78 is 7.70. The number of ether oxygens (including phenoxy) is 1. The van der Waals surface area contributed by atoms with Crippen LogP contribution in [0.3, 0.4) is 0 Å². The Hall–Kier alpha value is -0.850. The van der Waals surface area contributed by atoms with Gasteiger partial charge in [-0.15, -0.1) is 11.3 Å². The Morgan fingerprint density at radius 2 is 2.24 bits per heavy atom. The van der Waals surface area contributed by atoms with Gasteiger partial charge in [-0.05, 0) is 56.9 Å². The number of fused-ring (bicyclic) bond motifs is 3. The van der Waals surface area contributed by atoms with Crippen LogP contribution in [0.4, 0.5) is 0 Å². The molecule has 2 aromatic rings. The summed E-state index contributed by atoms with van der Waals surface area (Å²) in [5, 5.41) is 1.76. The summed E-state index contributed by atoms with van der Waals surface area (Å²) in [6.07, 6.45) is 7.14. The molecule has 0 radical (unpaired) electrons. The molecule has 1 saturated heterocycles. The van der Waals surface area contributed by atoms with E-state index in [0.29, 0.717) is 18.6 Å². The van der Waals surface area contributed by atoms with E-state index in [1.807, 2.05) is 11.5 Å². The Labute approximate surface area is 157 Å². The normalized spacial score (nSPS) is 23.8. The predicted octanol–water partition coefficient (Wildman–Crippen LogP) is 4.26. The molecule has 2 atom stereocenters. The van der Waals surface area contributed by atoms with E-state index in [0.717, 1.165) is 47.0 Å². The summed E-state index contributed by atoms with van der Waals surface area (Å²) >= 11 is 3.43. The lowest BCUT2D eigenvalue weighted by Crippen LogP contribution is -2.25. The number of aryl methyl sites for hydroxylation is 1. The topological polar surface area (TPSA) is 44.1 Å². The number of rotatable bonds is 4. The summed E-state index contributed by atoms with van der Waals surface area (Å²) in [5.41, 5.74) is 1.44. The lowest BCUT2D eigenvalue weighted by molar-refractivity contribution is 0.0315. The van der Waals surface area contributed by atoms with Crippen LogP contribution in [-0.4, -0.2) is 28.0 Å². The molecule has 1 aliphatic carbocycles. The Morgan fingerprint density at radius 1 is 1.36 bits per heavy atom. The van der Waals surface area contributed by atoms with Crippen LogP contribution < -0.4 is 5.56 Å². The van der Waals surface area contributed by atoms with Crippen LogP contribution in [-0.2, 0) is 24.1 Å². The zero-order chi connectivity index (χ0) is 17.4. The largest absolute Gasteiger partial charge is 0.377 e. The van der Waals surface area contributed by atoms with E-state index in [4.69, 9.17) is 9.72 Å². The predicted molar refractivity (Wildman–Crippen MR) is 105 cm³/mol. The smallest absolute Gasteiger partial charge is 0.263 e. The highest BCUT2D eigenvalue weighted by Gasteiger charge is 2.25. The maximum atomic E-state index is 13.1. The van der Waals surface area contributed by atoms with Crippen LogP contribution >= 0.6 is 23.1 Å². The van der Waals surface area contributed by atoms with Crippen LogP contribution in [0.2, 0.25) is 0 Å². The summed E-state index contributed by atoms with van der Waals surface area (Å²) in [5.74, 6) is 1.60. The first-order chi connectivity index (χ1) is 12.2. The molecule has 0 saturated carbocycles. The van der Waals surface area contributed by atoms with Crippen molar-refractivity contribution in [3.63, 3.8) is 0 Å². The van der Waals surface area contributed by atoms with Crippen molar-refractivity contribution in [1.29, 1.82) is 0 Å². The van der Waals surface area contributed by atoms with Crippen LogP contribution in [0.15, 0.2) is 9.95 Å².